The summed E-state index contributed by atoms with van der Waals surface area (Å²) in [6.07, 6.45) is 0. The average molecular weight is 228 g/mol. The second kappa shape index (κ2) is 5.24. The van der Waals surface area contributed by atoms with Gasteiger partial charge in [0, 0.05) is 25.2 Å². The highest BCUT2D eigenvalue weighted by Crippen LogP contribution is 2.25. The molecule has 0 aliphatic heterocycles. The molecule has 0 heterocycles. The summed E-state index contributed by atoms with van der Waals surface area (Å²) >= 11 is 5.93. The van der Waals surface area contributed by atoms with Gasteiger partial charge >= 0.3 is 0 Å². The van der Waals surface area contributed by atoms with Crippen LogP contribution in [0, 0.1) is 0 Å². The lowest BCUT2D eigenvalue weighted by molar-refractivity contribution is 0.416. The number of hydrogen-bond donors (Lipinski definition) is 1. The third kappa shape index (κ3) is 3.61. The van der Waals surface area contributed by atoms with E-state index in [2.05, 4.69) is 23.9 Å². The number of halogens is 1. The summed E-state index contributed by atoms with van der Waals surface area (Å²) in [5, 5.41) is 0.718. The van der Waals surface area contributed by atoms with Crippen molar-refractivity contribution < 1.29 is 0 Å². The molecular formula is C11H18ClN3. The van der Waals surface area contributed by atoms with Crippen LogP contribution in [-0.2, 0) is 0 Å². The van der Waals surface area contributed by atoms with Gasteiger partial charge in [0.1, 0.15) is 0 Å². The van der Waals surface area contributed by atoms with Crippen molar-refractivity contribution >= 4 is 23.0 Å². The summed E-state index contributed by atoms with van der Waals surface area (Å²) in [6.45, 7) is 1.92. The van der Waals surface area contributed by atoms with E-state index in [1.54, 1.807) is 6.07 Å². The van der Waals surface area contributed by atoms with Crippen molar-refractivity contribution in [2.75, 3.05) is 44.9 Å². The van der Waals surface area contributed by atoms with Gasteiger partial charge in [-0.2, -0.15) is 0 Å². The van der Waals surface area contributed by atoms with Gasteiger partial charge in [-0.3, -0.25) is 0 Å². The predicted molar refractivity (Wildman–Crippen MR) is 67.7 cm³/mol. The lowest BCUT2D eigenvalue weighted by Crippen LogP contribution is -2.28. The number of likely N-dealkylation sites (N-methyl/N-ethyl adjacent to an activating group) is 2. The van der Waals surface area contributed by atoms with Gasteiger partial charge in [-0.25, -0.2) is 0 Å². The normalized spacial score (nSPS) is 10.7. The molecule has 2 N–H and O–H groups in total. The first-order chi connectivity index (χ1) is 7.00. The van der Waals surface area contributed by atoms with Crippen molar-refractivity contribution in [2.45, 2.75) is 0 Å². The van der Waals surface area contributed by atoms with Gasteiger partial charge < -0.3 is 15.5 Å². The predicted octanol–water partition coefficient (Wildman–Crippen LogP) is 1.92. The van der Waals surface area contributed by atoms with Crippen LogP contribution in [-0.4, -0.2) is 39.1 Å². The summed E-state index contributed by atoms with van der Waals surface area (Å²) in [5.74, 6) is 0. The van der Waals surface area contributed by atoms with E-state index in [0.717, 1.165) is 29.5 Å². The van der Waals surface area contributed by atoms with Crippen LogP contribution in [0.1, 0.15) is 0 Å². The van der Waals surface area contributed by atoms with Gasteiger partial charge in [-0.15, -0.1) is 0 Å². The van der Waals surface area contributed by atoms with Crippen molar-refractivity contribution in [3.8, 4) is 0 Å². The van der Waals surface area contributed by atoms with Gasteiger partial charge in [0.25, 0.3) is 0 Å². The van der Waals surface area contributed by atoms with Crippen molar-refractivity contribution in [2.24, 2.45) is 0 Å². The Morgan fingerprint density at radius 2 is 1.87 bits per heavy atom. The third-order valence-electron chi connectivity index (χ3n) is 2.29. The topological polar surface area (TPSA) is 32.5 Å². The standard InChI is InChI=1S/C11H18ClN3/c1-14(2)6-7-15(3)11-8-9(12)4-5-10(11)13/h4-5,8H,6-7,13H2,1-3H3. The third-order valence-corrected chi connectivity index (χ3v) is 2.52. The summed E-state index contributed by atoms with van der Waals surface area (Å²) in [6, 6.07) is 5.54. The minimum Gasteiger partial charge on any atom is -0.397 e. The van der Waals surface area contributed by atoms with Gasteiger partial charge in [0.2, 0.25) is 0 Å². The first kappa shape index (κ1) is 12.1. The Kier molecular flexibility index (Phi) is 4.24. The molecule has 0 aliphatic carbocycles. The zero-order chi connectivity index (χ0) is 11.4. The maximum atomic E-state index is 5.93. The number of anilines is 2. The van der Waals surface area contributed by atoms with Gasteiger partial charge in [-0.05, 0) is 32.3 Å². The molecule has 3 nitrogen and oxygen atoms in total. The van der Waals surface area contributed by atoms with Gasteiger partial charge in [0.15, 0.2) is 0 Å². The van der Waals surface area contributed by atoms with Crippen molar-refractivity contribution in [1.82, 2.24) is 4.90 Å². The molecule has 0 aliphatic rings. The molecule has 1 aromatic carbocycles. The largest absolute Gasteiger partial charge is 0.397 e. The molecule has 1 rings (SSSR count). The second-order valence-corrected chi connectivity index (χ2v) is 4.36. The lowest BCUT2D eigenvalue weighted by Gasteiger charge is -2.23. The molecule has 0 amide bonds. The summed E-state index contributed by atoms with van der Waals surface area (Å²) < 4.78 is 0. The summed E-state index contributed by atoms with van der Waals surface area (Å²) in [4.78, 5) is 4.25. The van der Waals surface area contributed by atoms with E-state index < -0.39 is 0 Å². The highest BCUT2D eigenvalue weighted by molar-refractivity contribution is 6.31. The van der Waals surface area contributed by atoms with Gasteiger partial charge in [0.05, 0.1) is 11.4 Å². The van der Waals surface area contributed by atoms with Gasteiger partial charge in [-0.1, -0.05) is 11.6 Å². The van der Waals surface area contributed by atoms with Crippen LogP contribution in [0.5, 0.6) is 0 Å². The number of nitrogens with two attached hydrogens (primary N) is 1. The van der Waals surface area contributed by atoms with Crippen LogP contribution in [0.2, 0.25) is 5.02 Å². The molecule has 0 aromatic heterocycles. The number of rotatable bonds is 4. The molecule has 15 heavy (non-hydrogen) atoms. The quantitative estimate of drug-likeness (QED) is 0.798. The Hall–Kier alpha value is -0.930. The van der Waals surface area contributed by atoms with Crippen LogP contribution in [0.3, 0.4) is 0 Å². The number of hydrogen-bond acceptors (Lipinski definition) is 3. The highest BCUT2D eigenvalue weighted by Gasteiger charge is 2.05. The van der Waals surface area contributed by atoms with Crippen LogP contribution < -0.4 is 10.6 Å². The monoisotopic (exact) mass is 227 g/mol. The van der Waals surface area contributed by atoms with E-state index in [9.17, 15) is 0 Å². The molecule has 0 saturated carbocycles. The van der Waals surface area contributed by atoms with E-state index in [1.807, 2.05) is 19.2 Å². The van der Waals surface area contributed by atoms with Crippen molar-refractivity contribution in [1.29, 1.82) is 0 Å². The number of benzene rings is 1. The Morgan fingerprint density at radius 1 is 1.20 bits per heavy atom. The molecule has 4 heteroatoms. The first-order valence-corrected chi connectivity index (χ1v) is 5.29. The number of nitrogen functional groups attached to an aromatic ring is 1. The van der Waals surface area contributed by atoms with E-state index in [4.69, 9.17) is 17.3 Å². The molecule has 0 spiro atoms. The Balaban J connectivity index is 2.72. The fraction of sp³-hybridized carbons (Fsp3) is 0.455. The number of nitrogens with zero attached hydrogens (tertiary/aromatic N) is 2. The molecule has 0 fully saturated rings. The summed E-state index contributed by atoms with van der Waals surface area (Å²) in [5.41, 5.74) is 7.64. The lowest BCUT2D eigenvalue weighted by atomic mass is 10.2. The molecule has 0 saturated heterocycles. The zero-order valence-electron chi connectivity index (χ0n) is 9.50. The van der Waals surface area contributed by atoms with E-state index in [0.29, 0.717) is 0 Å². The minimum absolute atomic E-state index is 0.718. The maximum absolute atomic E-state index is 5.93. The maximum Gasteiger partial charge on any atom is 0.0612 e. The van der Waals surface area contributed by atoms with Crippen LogP contribution in [0.15, 0.2) is 18.2 Å². The first-order valence-electron chi connectivity index (χ1n) is 4.91. The van der Waals surface area contributed by atoms with Crippen LogP contribution in [0.25, 0.3) is 0 Å². The van der Waals surface area contributed by atoms with E-state index in [1.165, 1.54) is 0 Å². The van der Waals surface area contributed by atoms with Crippen LogP contribution in [0.4, 0.5) is 11.4 Å². The van der Waals surface area contributed by atoms with E-state index >= 15 is 0 Å². The van der Waals surface area contributed by atoms with Crippen LogP contribution >= 0.6 is 11.6 Å². The Bertz CT molecular complexity index is 326. The Labute approximate surface area is 96.4 Å². The second-order valence-electron chi connectivity index (χ2n) is 3.93. The van der Waals surface area contributed by atoms with Crippen molar-refractivity contribution in [3.05, 3.63) is 23.2 Å². The molecule has 1 aromatic rings. The van der Waals surface area contributed by atoms with Crippen molar-refractivity contribution in [3.63, 3.8) is 0 Å². The molecular weight excluding hydrogens is 210 g/mol. The summed E-state index contributed by atoms with van der Waals surface area (Å²) in [7, 11) is 6.12. The molecule has 0 unspecified atom stereocenters. The average Bonchev–Trinajstić information content (AvgIpc) is 2.18. The zero-order valence-corrected chi connectivity index (χ0v) is 10.3. The molecule has 0 atom stereocenters. The molecule has 84 valence electrons. The molecule has 0 bridgehead atoms. The smallest absolute Gasteiger partial charge is 0.0612 e. The highest BCUT2D eigenvalue weighted by atomic mass is 35.5. The van der Waals surface area contributed by atoms with E-state index in [-0.39, 0.29) is 0 Å². The SMILES string of the molecule is CN(C)CCN(C)c1cc(Cl)ccc1N. The Morgan fingerprint density at radius 3 is 2.47 bits per heavy atom. The molecule has 0 radical (unpaired) electrons. The minimum atomic E-state index is 0.718. The fourth-order valence-electron chi connectivity index (χ4n) is 1.32. The fourth-order valence-corrected chi connectivity index (χ4v) is 1.48.